The lowest BCUT2D eigenvalue weighted by molar-refractivity contribution is 0.311. The van der Waals surface area contributed by atoms with Crippen molar-refractivity contribution in [2.45, 2.75) is 32.6 Å². The number of hydrogen-bond acceptors (Lipinski definition) is 3. The van der Waals surface area contributed by atoms with Gasteiger partial charge in [-0.1, -0.05) is 12.8 Å². The van der Waals surface area contributed by atoms with Crippen LogP contribution >= 0.6 is 24.0 Å². The summed E-state index contributed by atoms with van der Waals surface area (Å²) >= 11 is 0. The highest BCUT2D eigenvalue weighted by atomic mass is 127. The summed E-state index contributed by atoms with van der Waals surface area (Å²) in [6.45, 7) is 3.51. The number of hydrogen-bond donors (Lipinski definition) is 2. The molecule has 6 heteroatoms. The molecule has 130 valence electrons. The molecule has 0 saturated heterocycles. The molecule has 0 radical (unpaired) electrons. The number of nitrogens with one attached hydrogen (secondary N) is 2. The Balaban J connectivity index is 0.00000264. The number of ether oxygens (including phenoxy) is 2. The first-order chi connectivity index (χ1) is 10.8. The molecule has 0 heterocycles. The Morgan fingerprint density at radius 3 is 2.70 bits per heavy atom. The first-order valence-electron chi connectivity index (χ1n) is 8.05. The van der Waals surface area contributed by atoms with Crippen molar-refractivity contribution in [3.8, 4) is 11.5 Å². The maximum atomic E-state index is 5.59. The van der Waals surface area contributed by atoms with Crippen LogP contribution < -0.4 is 20.1 Å². The fourth-order valence-corrected chi connectivity index (χ4v) is 2.34. The molecular weight excluding hydrogens is 405 g/mol. The normalized spacial score (nSPS) is 14.0. The Morgan fingerprint density at radius 1 is 1.30 bits per heavy atom. The zero-order valence-corrected chi connectivity index (χ0v) is 16.6. The van der Waals surface area contributed by atoms with Crippen molar-refractivity contribution in [1.82, 2.24) is 5.32 Å². The van der Waals surface area contributed by atoms with E-state index in [1.807, 2.05) is 25.1 Å². The van der Waals surface area contributed by atoms with Crippen LogP contribution in [0.2, 0.25) is 0 Å². The summed E-state index contributed by atoms with van der Waals surface area (Å²) in [6, 6.07) is 5.78. The molecule has 1 aliphatic rings. The Labute approximate surface area is 156 Å². The van der Waals surface area contributed by atoms with Gasteiger partial charge in [-0.2, -0.15) is 0 Å². The lowest BCUT2D eigenvalue weighted by Gasteiger charge is -2.14. The van der Waals surface area contributed by atoms with Gasteiger partial charge in [-0.25, -0.2) is 0 Å². The molecule has 0 atom stereocenters. The van der Waals surface area contributed by atoms with Crippen molar-refractivity contribution in [1.29, 1.82) is 0 Å². The lowest BCUT2D eigenvalue weighted by Crippen LogP contribution is -2.31. The molecule has 0 aromatic heterocycles. The number of rotatable bonds is 8. The monoisotopic (exact) mass is 433 g/mol. The molecule has 23 heavy (non-hydrogen) atoms. The Kier molecular flexibility index (Phi) is 9.13. The minimum absolute atomic E-state index is 0. The van der Waals surface area contributed by atoms with Gasteiger partial charge in [0.15, 0.2) is 17.5 Å². The van der Waals surface area contributed by atoms with E-state index in [1.165, 1.54) is 25.7 Å². The first-order valence-corrected chi connectivity index (χ1v) is 8.05. The third kappa shape index (κ3) is 6.85. The molecular formula is C17H28IN3O2. The summed E-state index contributed by atoms with van der Waals surface area (Å²) in [5.41, 5.74) is 0.930. The highest BCUT2D eigenvalue weighted by Crippen LogP contribution is 2.33. The smallest absolute Gasteiger partial charge is 0.195 e. The highest BCUT2D eigenvalue weighted by molar-refractivity contribution is 14.0. The maximum absolute atomic E-state index is 5.59. The molecule has 1 aliphatic carbocycles. The molecule has 2 rings (SSSR count). The fraction of sp³-hybridized carbons (Fsp3) is 0.588. The van der Waals surface area contributed by atoms with Crippen LogP contribution in [0, 0.1) is 5.92 Å². The van der Waals surface area contributed by atoms with Crippen LogP contribution in [-0.4, -0.2) is 33.3 Å². The predicted octanol–water partition coefficient (Wildman–Crippen LogP) is 3.89. The van der Waals surface area contributed by atoms with Gasteiger partial charge in [-0.15, -0.1) is 24.0 Å². The largest absolute Gasteiger partial charge is 0.493 e. The van der Waals surface area contributed by atoms with Gasteiger partial charge in [0, 0.05) is 25.3 Å². The third-order valence-electron chi connectivity index (χ3n) is 3.73. The van der Waals surface area contributed by atoms with Crippen molar-refractivity contribution < 1.29 is 9.47 Å². The van der Waals surface area contributed by atoms with Crippen LogP contribution in [0.25, 0.3) is 0 Å². The number of anilines is 1. The summed E-state index contributed by atoms with van der Waals surface area (Å²) in [7, 11) is 3.43. The van der Waals surface area contributed by atoms with E-state index in [9.17, 15) is 0 Å². The summed E-state index contributed by atoms with van der Waals surface area (Å²) in [5, 5.41) is 6.63. The molecule has 0 unspecified atom stereocenters. The Bertz CT molecular complexity index is 505. The molecule has 2 N–H and O–H groups in total. The number of guanidine groups is 1. The number of nitrogens with zero attached hydrogens (tertiary/aromatic N) is 1. The molecule has 0 bridgehead atoms. The minimum Gasteiger partial charge on any atom is -0.493 e. The van der Waals surface area contributed by atoms with Crippen LogP contribution in [-0.2, 0) is 0 Å². The van der Waals surface area contributed by atoms with Crippen molar-refractivity contribution in [2.24, 2.45) is 10.9 Å². The summed E-state index contributed by atoms with van der Waals surface area (Å²) in [6.07, 6.45) is 5.34. The number of benzene rings is 1. The standard InChI is InChI=1S/C17H27N3O2.HI/c1-4-22-16-12-14(9-10-15(16)21-3)20-17(18-2)19-11-5-6-13-7-8-13;/h9-10,12-13H,4-8,11H2,1-3H3,(H2,18,19,20);1H. The second-order valence-corrected chi connectivity index (χ2v) is 5.51. The van der Waals surface area contributed by atoms with Gasteiger partial charge in [0.1, 0.15) is 0 Å². The number of halogens is 1. The molecule has 0 amide bonds. The van der Waals surface area contributed by atoms with Crippen LogP contribution in [0.1, 0.15) is 32.6 Å². The van der Waals surface area contributed by atoms with Gasteiger partial charge in [0.05, 0.1) is 13.7 Å². The third-order valence-corrected chi connectivity index (χ3v) is 3.73. The lowest BCUT2D eigenvalue weighted by atomic mass is 10.2. The van der Waals surface area contributed by atoms with Crippen LogP contribution in [0.4, 0.5) is 5.69 Å². The Hall–Kier alpha value is -1.18. The minimum atomic E-state index is 0. The topological polar surface area (TPSA) is 54.9 Å². The van der Waals surface area contributed by atoms with Crippen LogP contribution in [0.15, 0.2) is 23.2 Å². The van der Waals surface area contributed by atoms with E-state index in [0.717, 1.165) is 35.6 Å². The molecule has 5 nitrogen and oxygen atoms in total. The average Bonchev–Trinajstić information content (AvgIpc) is 3.35. The predicted molar refractivity (Wildman–Crippen MR) is 107 cm³/mol. The van der Waals surface area contributed by atoms with Crippen molar-refractivity contribution in [3.05, 3.63) is 18.2 Å². The fourth-order valence-electron chi connectivity index (χ4n) is 2.34. The zero-order valence-electron chi connectivity index (χ0n) is 14.2. The second-order valence-electron chi connectivity index (χ2n) is 5.51. The molecule has 1 saturated carbocycles. The van der Waals surface area contributed by atoms with E-state index < -0.39 is 0 Å². The van der Waals surface area contributed by atoms with Gasteiger partial charge in [0.2, 0.25) is 0 Å². The second kappa shape index (κ2) is 10.6. The van der Waals surface area contributed by atoms with E-state index in [2.05, 4.69) is 15.6 Å². The van der Waals surface area contributed by atoms with Crippen LogP contribution in [0.5, 0.6) is 11.5 Å². The van der Waals surface area contributed by atoms with E-state index in [4.69, 9.17) is 9.47 Å². The van der Waals surface area contributed by atoms with Crippen molar-refractivity contribution in [3.63, 3.8) is 0 Å². The molecule has 1 aromatic carbocycles. The SMILES string of the molecule is CCOc1cc(NC(=NC)NCCCC2CC2)ccc1OC.I. The summed E-state index contributed by atoms with van der Waals surface area (Å²) in [4.78, 5) is 4.26. The number of methoxy groups -OCH3 is 1. The van der Waals surface area contributed by atoms with Gasteiger partial charge in [-0.05, 0) is 37.8 Å². The summed E-state index contributed by atoms with van der Waals surface area (Å²) in [5.74, 6) is 3.23. The van der Waals surface area contributed by atoms with Gasteiger partial charge < -0.3 is 20.1 Å². The average molecular weight is 433 g/mol. The molecule has 1 aromatic rings. The van der Waals surface area contributed by atoms with E-state index in [1.54, 1.807) is 14.2 Å². The highest BCUT2D eigenvalue weighted by Gasteiger charge is 2.20. The van der Waals surface area contributed by atoms with Crippen molar-refractivity contribution in [2.75, 3.05) is 32.6 Å². The number of aliphatic imine (C=N–C) groups is 1. The zero-order chi connectivity index (χ0) is 15.8. The van der Waals surface area contributed by atoms with Gasteiger partial charge in [-0.3, -0.25) is 4.99 Å². The van der Waals surface area contributed by atoms with Crippen molar-refractivity contribution >= 4 is 35.6 Å². The summed E-state index contributed by atoms with van der Waals surface area (Å²) < 4.78 is 10.9. The quantitative estimate of drug-likeness (QED) is 0.283. The maximum Gasteiger partial charge on any atom is 0.195 e. The van der Waals surface area contributed by atoms with E-state index in [-0.39, 0.29) is 24.0 Å². The molecule has 1 fully saturated rings. The Morgan fingerprint density at radius 2 is 2.09 bits per heavy atom. The van der Waals surface area contributed by atoms with E-state index >= 15 is 0 Å². The molecule has 0 aliphatic heterocycles. The van der Waals surface area contributed by atoms with E-state index in [0.29, 0.717) is 6.61 Å². The molecule has 0 spiro atoms. The van der Waals surface area contributed by atoms with Gasteiger partial charge in [0.25, 0.3) is 0 Å². The van der Waals surface area contributed by atoms with Crippen LogP contribution in [0.3, 0.4) is 0 Å². The van der Waals surface area contributed by atoms with Gasteiger partial charge >= 0.3 is 0 Å². The first kappa shape index (κ1) is 19.9.